The van der Waals surface area contributed by atoms with Gasteiger partial charge in [-0.2, -0.15) is 0 Å². The Bertz CT molecular complexity index is 902. The Hall–Kier alpha value is -2.83. The number of fused-ring (bicyclic) bond motifs is 1. The van der Waals surface area contributed by atoms with Crippen molar-refractivity contribution >= 4 is 17.1 Å². The summed E-state index contributed by atoms with van der Waals surface area (Å²) in [6, 6.07) is 4.05. The third-order valence-corrected chi connectivity index (χ3v) is 5.30. The molecule has 0 atom stereocenters. The van der Waals surface area contributed by atoms with Gasteiger partial charge >= 0.3 is 6.03 Å². The van der Waals surface area contributed by atoms with Crippen LogP contribution in [0.4, 0.5) is 4.79 Å². The van der Waals surface area contributed by atoms with Crippen LogP contribution in [-0.4, -0.2) is 39.1 Å². The molecule has 7 nitrogen and oxygen atoms in total. The molecule has 0 spiro atoms. The van der Waals surface area contributed by atoms with E-state index in [0.717, 1.165) is 48.6 Å². The van der Waals surface area contributed by atoms with Crippen LogP contribution in [0, 0.1) is 13.8 Å². The number of urea groups is 1. The summed E-state index contributed by atoms with van der Waals surface area (Å²) in [6.07, 6.45) is 5.78. The number of hydrogen-bond donors (Lipinski definition) is 2. The first-order chi connectivity index (χ1) is 12.6. The molecule has 0 unspecified atom stereocenters. The fourth-order valence-electron chi connectivity index (χ4n) is 3.74. The highest BCUT2D eigenvalue weighted by atomic mass is 16.5. The van der Waals surface area contributed by atoms with E-state index in [2.05, 4.69) is 32.7 Å². The van der Waals surface area contributed by atoms with Gasteiger partial charge in [-0.3, -0.25) is 0 Å². The number of amides is 2. The van der Waals surface area contributed by atoms with Crippen LogP contribution in [0.15, 0.2) is 29.0 Å². The molecule has 2 N–H and O–H groups in total. The van der Waals surface area contributed by atoms with Crippen molar-refractivity contribution in [2.45, 2.75) is 39.2 Å². The molecule has 3 aromatic rings. The van der Waals surface area contributed by atoms with Gasteiger partial charge in [0.15, 0.2) is 0 Å². The van der Waals surface area contributed by atoms with Crippen LogP contribution >= 0.6 is 0 Å². The van der Waals surface area contributed by atoms with Crippen LogP contribution in [-0.2, 0) is 6.54 Å². The lowest BCUT2D eigenvalue weighted by molar-refractivity contribution is 0.181. The van der Waals surface area contributed by atoms with Gasteiger partial charge in [0, 0.05) is 43.0 Å². The lowest BCUT2D eigenvalue weighted by Gasteiger charge is -2.32. The van der Waals surface area contributed by atoms with E-state index >= 15 is 0 Å². The van der Waals surface area contributed by atoms with Crippen LogP contribution in [0.25, 0.3) is 11.0 Å². The van der Waals surface area contributed by atoms with E-state index in [1.165, 1.54) is 10.9 Å². The minimum Gasteiger partial charge on any atom is -0.361 e. The summed E-state index contributed by atoms with van der Waals surface area (Å²) < 4.78 is 5.14. The van der Waals surface area contributed by atoms with Crippen molar-refractivity contribution < 1.29 is 9.32 Å². The van der Waals surface area contributed by atoms with Gasteiger partial charge in [0.1, 0.15) is 11.4 Å². The van der Waals surface area contributed by atoms with Gasteiger partial charge in [0.2, 0.25) is 0 Å². The first-order valence-electron chi connectivity index (χ1n) is 9.00. The number of nitrogens with zero attached hydrogens (tertiary/aromatic N) is 3. The highest BCUT2D eigenvalue weighted by Gasteiger charge is 2.25. The zero-order valence-corrected chi connectivity index (χ0v) is 15.1. The van der Waals surface area contributed by atoms with Gasteiger partial charge in [-0.25, -0.2) is 9.78 Å². The molecule has 4 rings (SSSR count). The molecule has 26 heavy (non-hydrogen) atoms. The quantitative estimate of drug-likeness (QED) is 0.757. The Kier molecular flexibility index (Phi) is 4.36. The summed E-state index contributed by atoms with van der Waals surface area (Å²) in [4.78, 5) is 22.0. The molecule has 1 aliphatic rings. The SMILES string of the molecule is Cc1noc(C)c1CNC(=O)N1CCC(c2c[nH]c3ncccc23)CC1. The second-order valence-electron chi connectivity index (χ2n) is 6.87. The molecule has 2 amide bonds. The molecule has 0 bridgehead atoms. The third kappa shape index (κ3) is 3.05. The number of rotatable bonds is 3. The first kappa shape index (κ1) is 16.6. The van der Waals surface area contributed by atoms with Crippen LogP contribution in [0.3, 0.4) is 0 Å². The Morgan fingerprint density at radius 2 is 2.19 bits per heavy atom. The second-order valence-corrected chi connectivity index (χ2v) is 6.87. The van der Waals surface area contributed by atoms with Crippen LogP contribution in [0.1, 0.15) is 41.3 Å². The first-order valence-corrected chi connectivity index (χ1v) is 9.00. The minimum atomic E-state index is -0.0240. The predicted molar refractivity (Wildman–Crippen MR) is 97.9 cm³/mol. The van der Waals surface area contributed by atoms with Crippen LogP contribution in [0.2, 0.25) is 0 Å². The van der Waals surface area contributed by atoms with Crippen molar-refractivity contribution in [2.24, 2.45) is 0 Å². The van der Waals surface area contributed by atoms with Crippen molar-refractivity contribution in [3.05, 3.63) is 47.1 Å². The van der Waals surface area contributed by atoms with E-state index in [4.69, 9.17) is 4.52 Å². The normalized spacial score (nSPS) is 15.5. The van der Waals surface area contributed by atoms with E-state index in [-0.39, 0.29) is 6.03 Å². The molecule has 1 aliphatic heterocycles. The summed E-state index contributed by atoms with van der Waals surface area (Å²) in [6.45, 7) is 5.71. The monoisotopic (exact) mass is 353 g/mol. The van der Waals surface area contributed by atoms with E-state index in [0.29, 0.717) is 12.5 Å². The Labute approximate surface area is 151 Å². The van der Waals surface area contributed by atoms with E-state index in [9.17, 15) is 4.79 Å². The third-order valence-electron chi connectivity index (χ3n) is 5.30. The van der Waals surface area contributed by atoms with Crippen molar-refractivity contribution in [3.63, 3.8) is 0 Å². The molecule has 4 heterocycles. The molecule has 1 saturated heterocycles. The van der Waals surface area contributed by atoms with E-state index in [1.807, 2.05) is 24.8 Å². The summed E-state index contributed by atoms with van der Waals surface area (Å²) in [7, 11) is 0. The molecule has 0 aliphatic carbocycles. The molecule has 0 aromatic carbocycles. The number of hydrogen-bond acceptors (Lipinski definition) is 4. The zero-order valence-electron chi connectivity index (χ0n) is 15.1. The fraction of sp³-hybridized carbons (Fsp3) is 0.421. The molecule has 136 valence electrons. The standard InChI is InChI=1S/C19H23N5O2/c1-12-16(13(2)26-23-12)10-22-19(25)24-8-5-14(6-9-24)17-11-21-18-15(17)4-3-7-20-18/h3-4,7,11,14H,5-6,8-10H2,1-2H3,(H,20,21)(H,22,25). The Balaban J connectivity index is 1.35. The molecular weight excluding hydrogens is 330 g/mol. The predicted octanol–water partition coefficient (Wildman–Crippen LogP) is 3.26. The van der Waals surface area contributed by atoms with Crippen LogP contribution in [0.5, 0.6) is 0 Å². The topological polar surface area (TPSA) is 87.0 Å². The lowest BCUT2D eigenvalue weighted by atomic mass is 9.89. The summed E-state index contributed by atoms with van der Waals surface area (Å²) in [5, 5.41) is 8.10. The number of aromatic nitrogens is 3. The number of pyridine rings is 1. The van der Waals surface area contributed by atoms with E-state index in [1.54, 1.807) is 6.20 Å². The van der Waals surface area contributed by atoms with E-state index < -0.39 is 0 Å². The minimum absolute atomic E-state index is 0.0240. The molecule has 0 saturated carbocycles. The molecule has 1 fully saturated rings. The number of piperidine rings is 1. The van der Waals surface area contributed by atoms with Gasteiger partial charge in [-0.15, -0.1) is 0 Å². The fourth-order valence-corrected chi connectivity index (χ4v) is 3.74. The summed E-state index contributed by atoms with van der Waals surface area (Å²) in [5.74, 6) is 1.22. The highest BCUT2D eigenvalue weighted by molar-refractivity contribution is 5.80. The van der Waals surface area contributed by atoms with Crippen molar-refractivity contribution in [1.29, 1.82) is 0 Å². The average molecular weight is 353 g/mol. The number of aromatic amines is 1. The zero-order chi connectivity index (χ0) is 18.1. The number of carbonyl (C=O) groups is 1. The maximum absolute atomic E-state index is 12.5. The molecule has 0 radical (unpaired) electrons. The van der Waals surface area contributed by atoms with Gasteiger partial charge < -0.3 is 19.7 Å². The number of carbonyl (C=O) groups excluding carboxylic acids is 1. The average Bonchev–Trinajstić information content (AvgIpc) is 3.23. The maximum atomic E-state index is 12.5. The molecule has 3 aromatic heterocycles. The van der Waals surface area contributed by atoms with Crippen molar-refractivity contribution in [1.82, 2.24) is 25.3 Å². The lowest BCUT2D eigenvalue weighted by Crippen LogP contribution is -2.43. The Morgan fingerprint density at radius 3 is 2.92 bits per heavy atom. The van der Waals surface area contributed by atoms with Gasteiger partial charge in [0.05, 0.1) is 5.69 Å². The molecular formula is C19H23N5O2. The summed E-state index contributed by atoms with van der Waals surface area (Å²) in [5.41, 5.74) is 4.03. The number of likely N-dealkylation sites (tertiary alicyclic amines) is 1. The molecule has 7 heteroatoms. The Morgan fingerprint density at radius 1 is 1.38 bits per heavy atom. The van der Waals surface area contributed by atoms with Gasteiger partial charge in [0.25, 0.3) is 0 Å². The van der Waals surface area contributed by atoms with Gasteiger partial charge in [-0.05, 0) is 50.3 Å². The van der Waals surface area contributed by atoms with Gasteiger partial charge in [-0.1, -0.05) is 5.16 Å². The highest BCUT2D eigenvalue weighted by Crippen LogP contribution is 2.32. The smallest absolute Gasteiger partial charge is 0.317 e. The summed E-state index contributed by atoms with van der Waals surface area (Å²) >= 11 is 0. The largest absolute Gasteiger partial charge is 0.361 e. The van der Waals surface area contributed by atoms with Crippen molar-refractivity contribution in [3.8, 4) is 0 Å². The number of aryl methyl sites for hydroxylation is 2. The van der Waals surface area contributed by atoms with Crippen LogP contribution < -0.4 is 5.32 Å². The maximum Gasteiger partial charge on any atom is 0.317 e. The second kappa shape index (κ2) is 6.82. The van der Waals surface area contributed by atoms with Crippen molar-refractivity contribution in [2.75, 3.05) is 13.1 Å². The number of H-pyrrole nitrogens is 1. The number of nitrogens with one attached hydrogen (secondary N) is 2.